The van der Waals surface area contributed by atoms with Crippen LogP contribution in [0.2, 0.25) is 0 Å². The molecule has 1 aliphatic rings. The van der Waals surface area contributed by atoms with Crippen molar-refractivity contribution in [2.45, 2.75) is 77.4 Å². The zero-order valence-electron chi connectivity index (χ0n) is 15.9. The van der Waals surface area contributed by atoms with Gasteiger partial charge in [0.2, 0.25) is 17.7 Å². The van der Waals surface area contributed by atoms with Crippen molar-refractivity contribution in [2.24, 2.45) is 0 Å². The van der Waals surface area contributed by atoms with Gasteiger partial charge in [-0.05, 0) is 50.2 Å². The number of aryl methyl sites for hydroxylation is 2. The molecule has 1 saturated carbocycles. The summed E-state index contributed by atoms with van der Waals surface area (Å²) >= 11 is 0. The van der Waals surface area contributed by atoms with E-state index in [1.807, 2.05) is 12.1 Å². The zero-order chi connectivity index (χ0) is 18.9. The van der Waals surface area contributed by atoms with Crippen LogP contribution in [0, 0.1) is 0 Å². The molecule has 2 aromatic heterocycles. The van der Waals surface area contributed by atoms with Crippen LogP contribution in [-0.2, 0) is 24.2 Å². The second kappa shape index (κ2) is 10.0. The number of carbonyl (C=O) groups excluding carboxylic acids is 1. The maximum Gasteiger partial charge on any atom is 0.226 e. The Morgan fingerprint density at radius 1 is 1.33 bits per heavy atom. The minimum absolute atomic E-state index is 0.0124. The summed E-state index contributed by atoms with van der Waals surface area (Å²) in [5.41, 5.74) is 0.993. The SMILES string of the molecule is CCCc1noc(CCCC(=O)NCc2ccnc(OC3CCCC3)c2)n1. The fourth-order valence-corrected chi connectivity index (χ4v) is 3.21. The Bertz CT molecular complexity index is 726. The standard InChI is InChI=1S/C20H28N4O3/c1-2-6-17-23-19(27-24-17)10-5-9-18(25)22-14-15-11-12-21-20(13-15)26-16-7-3-4-8-16/h11-13,16H,2-10,14H2,1H3,(H,22,25). The van der Waals surface area contributed by atoms with Gasteiger partial charge < -0.3 is 14.6 Å². The van der Waals surface area contributed by atoms with Gasteiger partial charge in [-0.15, -0.1) is 0 Å². The van der Waals surface area contributed by atoms with Crippen molar-refractivity contribution in [3.05, 3.63) is 35.6 Å². The Morgan fingerprint density at radius 3 is 3.00 bits per heavy atom. The summed E-state index contributed by atoms with van der Waals surface area (Å²) in [5.74, 6) is 2.01. The van der Waals surface area contributed by atoms with Crippen molar-refractivity contribution in [1.82, 2.24) is 20.4 Å². The Morgan fingerprint density at radius 2 is 2.19 bits per heavy atom. The van der Waals surface area contributed by atoms with Gasteiger partial charge in [0, 0.05) is 38.1 Å². The first kappa shape index (κ1) is 19.3. The molecule has 0 aliphatic heterocycles. The topological polar surface area (TPSA) is 90.1 Å². The molecule has 7 nitrogen and oxygen atoms in total. The van der Waals surface area contributed by atoms with Gasteiger partial charge in [0.05, 0.1) is 0 Å². The molecule has 7 heteroatoms. The number of carbonyl (C=O) groups is 1. The molecule has 3 rings (SSSR count). The lowest BCUT2D eigenvalue weighted by molar-refractivity contribution is -0.121. The van der Waals surface area contributed by atoms with Crippen molar-refractivity contribution in [3.63, 3.8) is 0 Å². The third-order valence-corrected chi connectivity index (χ3v) is 4.66. The quantitative estimate of drug-likeness (QED) is 0.688. The Balaban J connectivity index is 1.37. The number of hydrogen-bond acceptors (Lipinski definition) is 6. The fourth-order valence-electron chi connectivity index (χ4n) is 3.21. The lowest BCUT2D eigenvalue weighted by Crippen LogP contribution is -2.22. The number of nitrogens with zero attached hydrogens (tertiary/aromatic N) is 3. The number of pyridine rings is 1. The summed E-state index contributed by atoms with van der Waals surface area (Å²) in [7, 11) is 0. The van der Waals surface area contributed by atoms with Gasteiger partial charge >= 0.3 is 0 Å². The largest absolute Gasteiger partial charge is 0.474 e. The van der Waals surface area contributed by atoms with Crippen LogP contribution >= 0.6 is 0 Å². The monoisotopic (exact) mass is 372 g/mol. The minimum Gasteiger partial charge on any atom is -0.474 e. The van der Waals surface area contributed by atoms with Gasteiger partial charge in [-0.1, -0.05) is 12.1 Å². The summed E-state index contributed by atoms with van der Waals surface area (Å²) in [4.78, 5) is 20.6. The van der Waals surface area contributed by atoms with Crippen molar-refractivity contribution < 1.29 is 14.1 Å². The van der Waals surface area contributed by atoms with Crippen molar-refractivity contribution >= 4 is 5.91 Å². The van der Waals surface area contributed by atoms with Gasteiger partial charge in [0.25, 0.3) is 0 Å². The molecule has 2 heterocycles. The van der Waals surface area contributed by atoms with Crippen LogP contribution < -0.4 is 10.1 Å². The van der Waals surface area contributed by atoms with Crippen molar-refractivity contribution in [3.8, 4) is 5.88 Å². The van der Waals surface area contributed by atoms with E-state index in [-0.39, 0.29) is 12.0 Å². The van der Waals surface area contributed by atoms with Gasteiger partial charge in [0.15, 0.2) is 5.82 Å². The molecule has 0 radical (unpaired) electrons. The number of hydrogen-bond donors (Lipinski definition) is 1. The van der Waals surface area contributed by atoms with Crippen molar-refractivity contribution in [2.75, 3.05) is 0 Å². The molecule has 0 bridgehead atoms. The molecule has 0 unspecified atom stereocenters. The van der Waals surface area contributed by atoms with Crippen LogP contribution in [0.25, 0.3) is 0 Å². The average molecular weight is 372 g/mol. The number of rotatable bonds is 10. The fraction of sp³-hybridized carbons (Fsp3) is 0.600. The highest BCUT2D eigenvalue weighted by Gasteiger charge is 2.17. The minimum atomic E-state index is 0.0124. The second-order valence-electron chi connectivity index (χ2n) is 7.01. The lowest BCUT2D eigenvalue weighted by Gasteiger charge is -2.13. The molecule has 1 amide bonds. The molecule has 2 aromatic rings. The third-order valence-electron chi connectivity index (χ3n) is 4.66. The van der Waals surface area contributed by atoms with E-state index < -0.39 is 0 Å². The first-order valence-corrected chi connectivity index (χ1v) is 9.92. The lowest BCUT2D eigenvalue weighted by atomic mass is 10.2. The van der Waals surface area contributed by atoms with Crippen LogP contribution in [0.5, 0.6) is 5.88 Å². The summed E-state index contributed by atoms with van der Waals surface area (Å²) < 4.78 is 11.1. The van der Waals surface area contributed by atoms with E-state index in [1.54, 1.807) is 6.20 Å². The molecule has 1 N–H and O–H groups in total. The van der Waals surface area contributed by atoms with Gasteiger partial charge in [-0.2, -0.15) is 4.98 Å². The van der Waals surface area contributed by atoms with E-state index in [9.17, 15) is 4.79 Å². The predicted octanol–water partition coefficient (Wildman–Crippen LogP) is 3.38. The normalized spacial score (nSPS) is 14.4. The van der Waals surface area contributed by atoms with Crippen LogP contribution in [0.3, 0.4) is 0 Å². The molecule has 1 fully saturated rings. The molecule has 146 valence electrons. The summed E-state index contributed by atoms with van der Waals surface area (Å²) in [6.07, 6.45) is 10.2. The van der Waals surface area contributed by atoms with Crippen molar-refractivity contribution in [1.29, 1.82) is 0 Å². The molecule has 0 saturated heterocycles. The number of aromatic nitrogens is 3. The van der Waals surface area contributed by atoms with Gasteiger partial charge in [-0.25, -0.2) is 4.98 Å². The Kier molecular flexibility index (Phi) is 7.19. The summed E-state index contributed by atoms with van der Waals surface area (Å²) in [5, 5.41) is 6.86. The maximum absolute atomic E-state index is 12.1. The van der Waals surface area contributed by atoms with E-state index in [1.165, 1.54) is 12.8 Å². The van der Waals surface area contributed by atoms with E-state index in [0.717, 1.165) is 37.1 Å². The first-order chi connectivity index (χ1) is 13.2. The highest BCUT2D eigenvalue weighted by molar-refractivity contribution is 5.75. The Hall–Kier alpha value is -2.44. The molecule has 0 spiro atoms. The zero-order valence-corrected chi connectivity index (χ0v) is 15.9. The van der Waals surface area contributed by atoms with Gasteiger partial charge in [0.1, 0.15) is 6.10 Å². The van der Waals surface area contributed by atoms with E-state index in [2.05, 4.69) is 27.4 Å². The molecule has 27 heavy (non-hydrogen) atoms. The molecular weight excluding hydrogens is 344 g/mol. The van der Waals surface area contributed by atoms with E-state index in [0.29, 0.717) is 37.6 Å². The van der Waals surface area contributed by atoms with Crippen LogP contribution in [-0.4, -0.2) is 27.1 Å². The smallest absolute Gasteiger partial charge is 0.226 e. The number of amides is 1. The first-order valence-electron chi connectivity index (χ1n) is 9.92. The molecular formula is C20H28N4O3. The second-order valence-corrected chi connectivity index (χ2v) is 7.01. The van der Waals surface area contributed by atoms with Crippen LogP contribution in [0.15, 0.2) is 22.9 Å². The highest BCUT2D eigenvalue weighted by atomic mass is 16.5. The summed E-state index contributed by atoms with van der Waals surface area (Å²) in [6.45, 7) is 2.55. The molecule has 0 aromatic carbocycles. The molecule has 0 atom stereocenters. The number of ether oxygens (including phenoxy) is 1. The van der Waals surface area contributed by atoms with E-state index in [4.69, 9.17) is 9.26 Å². The summed E-state index contributed by atoms with van der Waals surface area (Å²) in [6, 6.07) is 3.81. The van der Waals surface area contributed by atoms with Gasteiger partial charge in [-0.3, -0.25) is 4.79 Å². The van der Waals surface area contributed by atoms with Crippen LogP contribution in [0.4, 0.5) is 0 Å². The number of nitrogens with one attached hydrogen (secondary N) is 1. The van der Waals surface area contributed by atoms with E-state index >= 15 is 0 Å². The average Bonchev–Trinajstić information content (AvgIpc) is 3.33. The maximum atomic E-state index is 12.1. The third kappa shape index (κ3) is 6.34. The molecule has 1 aliphatic carbocycles. The van der Waals surface area contributed by atoms with Crippen LogP contribution in [0.1, 0.15) is 69.1 Å². The highest BCUT2D eigenvalue weighted by Crippen LogP contribution is 2.23. The Labute approximate surface area is 159 Å². The predicted molar refractivity (Wildman–Crippen MR) is 100 cm³/mol.